The lowest BCUT2D eigenvalue weighted by molar-refractivity contribution is 0.114. The minimum Gasteiger partial charge on any atom is -0.206 e. The molecule has 0 heterocycles. The summed E-state index contributed by atoms with van der Waals surface area (Å²) in [4.78, 5) is 0. The lowest BCUT2D eigenvalue weighted by atomic mass is 9.63. The van der Waals surface area contributed by atoms with Crippen molar-refractivity contribution in [2.75, 3.05) is 0 Å². The summed E-state index contributed by atoms with van der Waals surface area (Å²) in [5.74, 6) is 2.20. The summed E-state index contributed by atoms with van der Waals surface area (Å²) >= 11 is 5.82. The van der Waals surface area contributed by atoms with Crippen molar-refractivity contribution in [2.45, 2.75) is 64.2 Å². The molecule has 2 aromatic carbocycles. The second-order valence-electron chi connectivity index (χ2n) is 8.49. The summed E-state index contributed by atoms with van der Waals surface area (Å²) < 4.78 is 28.4. The first-order chi connectivity index (χ1) is 12.5. The van der Waals surface area contributed by atoms with Gasteiger partial charge in [-0.05, 0) is 84.9 Å². The predicted octanol–water partition coefficient (Wildman–Crippen LogP) is 7.87. The van der Waals surface area contributed by atoms with Crippen LogP contribution in [0.2, 0.25) is 5.02 Å². The average molecular weight is 377 g/mol. The lowest BCUT2D eigenvalue weighted by Crippen LogP contribution is -2.30. The molecule has 0 amide bonds. The minimum absolute atomic E-state index is 0.0199. The van der Waals surface area contributed by atoms with E-state index in [0.717, 1.165) is 36.2 Å². The Kier molecular flexibility index (Phi) is 5.23. The Morgan fingerprint density at radius 3 is 2.50 bits per heavy atom. The molecule has 0 bridgehead atoms. The van der Waals surface area contributed by atoms with Gasteiger partial charge in [-0.3, -0.25) is 0 Å². The Hall–Kier alpha value is -1.15. The number of hydrogen-bond donors (Lipinski definition) is 0. The second kappa shape index (κ2) is 7.46. The zero-order valence-corrected chi connectivity index (χ0v) is 16.2. The van der Waals surface area contributed by atoms with Crippen LogP contribution in [0.15, 0.2) is 24.3 Å². The molecule has 2 aromatic rings. The van der Waals surface area contributed by atoms with E-state index in [-0.39, 0.29) is 10.8 Å². The highest BCUT2D eigenvalue weighted by Gasteiger charge is 2.35. The van der Waals surface area contributed by atoms with Crippen molar-refractivity contribution >= 4 is 22.4 Å². The average Bonchev–Trinajstić information content (AvgIpc) is 2.63. The third-order valence-electron chi connectivity index (χ3n) is 6.86. The molecule has 26 heavy (non-hydrogen) atoms. The quantitative estimate of drug-likeness (QED) is 0.511. The SMILES string of the molecule is CCC[C@@H]1CC[C@@H]2CC(c3cc(F)c4cc(Cl)c(F)cc4c3)CCC2C1. The third kappa shape index (κ3) is 3.50. The smallest absolute Gasteiger partial charge is 0.142 e. The van der Waals surface area contributed by atoms with Gasteiger partial charge in [-0.25, -0.2) is 8.78 Å². The number of hydrogen-bond acceptors (Lipinski definition) is 0. The van der Waals surface area contributed by atoms with E-state index in [0.29, 0.717) is 16.7 Å². The van der Waals surface area contributed by atoms with Crippen LogP contribution in [-0.2, 0) is 0 Å². The van der Waals surface area contributed by atoms with Crippen LogP contribution in [0.1, 0.15) is 69.8 Å². The van der Waals surface area contributed by atoms with Gasteiger partial charge in [-0.15, -0.1) is 0 Å². The van der Waals surface area contributed by atoms with Crippen molar-refractivity contribution in [3.8, 4) is 0 Å². The zero-order valence-electron chi connectivity index (χ0n) is 15.4. The molecule has 0 aromatic heterocycles. The predicted molar refractivity (Wildman–Crippen MR) is 105 cm³/mol. The maximum Gasteiger partial charge on any atom is 0.142 e. The summed E-state index contributed by atoms with van der Waals surface area (Å²) in [6.45, 7) is 2.28. The lowest BCUT2D eigenvalue weighted by Gasteiger charge is -2.42. The third-order valence-corrected chi connectivity index (χ3v) is 7.14. The van der Waals surface area contributed by atoms with Gasteiger partial charge in [0.1, 0.15) is 11.6 Å². The van der Waals surface area contributed by atoms with Gasteiger partial charge in [0.2, 0.25) is 0 Å². The molecule has 2 aliphatic rings. The molecular weight excluding hydrogens is 350 g/mol. The molecule has 2 saturated carbocycles. The molecule has 0 saturated heterocycles. The van der Waals surface area contributed by atoms with Crippen LogP contribution in [0, 0.1) is 29.4 Å². The Morgan fingerprint density at radius 2 is 1.69 bits per heavy atom. The first-order valence-electron chi connectivity index (χ1n) is 10.1. The normalized spacial score (nSPS) is 28.9. The summed E-state index contributed by atoms with van der Waals surface area (Å²) in [5.41, 5.74) is 1.03. The van der Waals surface area contributed by atoms with E-state index < -0.39 is 5.82 Å². The molecular formula is C23H27ClF2. The molecule has 0 nitrogen and oxygen atoms in total. The van der Waals surface area contributed by atoms with Crippen molar-refractivity contribution in [3.63, 3.8) is 0 Å². The monoisotopic (exact) mass is 376 g/mol. The molecule has 0 N–H and O–H groups in total. The minimum atomic E-state index is -0.478. The van der Waals surface area contributed by atoms with E-state index in [1.807, 2.05) is 6.07 Å². The summed E-state index contributed by atoms with van der Waals surface area (Å²) in [6.07, 6.45) is 10.3. The number of benzene rings is 2. The van der Waals surface area contributed by atoms with Gasteiger partial charge in [-0.2, -0.15) is 0 Å². The molecule has 0 spiro atoms. The molecule has 4 atom stereocenters. The maximum atomic E-state index is 14.6. The highest BCUT2D eigenvalue weighted by atomic mass is 35.5. The summed E-state index contributed by atoms with van der Waals surface area (Å²) in [5, 5.41) is 1.01. The zero-order chi connectivity index (χ0) is 18.3. The molecule has 2 fully saturated rings. The second-order valence-corrected chi connectivity index (χ2v) is 8.90. The standard InChI is InChI=1S/C23H27ClF2/c1-2-3-14-4-5-16-9-17(7-6-15(16)8-14)18-10-19-12-23(26)21(24)13-20(19)22(25)11-18/h10-17H,2-9H2,1H3/t14-,15?,16-,17?/m1/s1. The summed E-state index contributed by atoms with van der Waals surface area (Å²) in [6, 6.07) is 6.40. The Morgan fingerprint density at radius 1 is 0.923 bits per heavy atom. The van der Waals surface area contributed by atoms with Gasteiger partial charge < -0.3 is 0 Å². The summed E-state index contributed by atoms with van der Waals surface area (Å²) in [7, 11) is 0. The molecule has 3 heteroatoms. The van der Waals surface area contributed by atoms with Crippen LogP contribution in [0.5, 0.6) is 0 Å². The first kappa shape index (κ1) is 18.2. The Bertz CT molecular complexity index is 800. The van der Waals surface area contributed by atoms with Crippen molar-refractivity contribution in [1.29, 1.82) is 0 Å². The van der Waals surface area contributed by atoms with Crippen LogP contribution in [0.4, 0.5) is 8.78 Å². The highest BCUT2D eigenvalue weighted by molar-refractivity contribution is 6.31. The van der Waals surface area contributed by atoms with Crippen LogP contribution in [0.25, 0.3) is 10.8 Å². The van der Waals surface area contributed by atoms with Gasteiger partial charge in [-0.1, -0.05) is 43.9 Å². The van der Waals surface area contributed by atoms with Gasteiger partial charge >= 0.3 is 0 Å². The Labute approximate surface area is 159 Å². The van der Waals surface area contributed by atoms with Crippen LogP contribution in [0.3, 0.4) is 0 Å². The largest absolute Gasteiger partial charge is 0.206 e. The fourth-order valence-corrected chi connectivity index (χ4v) is 5.69. The van der Waals surface area contributed by atoms with E-state index in [2.05, 4.69) is 6.92 Å². The van der Waals surface area contributed by atoms with E-state index in [1.54, 1.807) is 6.07 Å². The fraction of sp³-hybridized carbons (Fsp3) is 0.565. The first-order valence-corrected chi connectivity index (χ1v) is 10.5. The topological polar surface area (TPSA) is 0 Å². The van der Waals surface area contributed by atoms with Gasteiger partial charge in [0.05, 0.1) is 5.02 Å². The van der Waals surface area contributed by atoms with Crippen molar-refractivity contribution in [2.24, 2.45) is 17.8 Å². The van der Waals surface area contributed by atoms with Gasteiger partial charge in [0.25, 0.3) is 0 Å². The maximum absolute atomic E-state index is 14.6. The number of rotatable bonds is 3. The van der Waals surface area contributed by atoms with Crippen LogP contribution < -0.4 is 0 Å². The van der Waals surface area contributed by atoms with Crippen molar-refractivity contribution < 1.29 is 8.78 Å². The Balaban J connectivity index is 1.55. The van der Waals surface area contributed by atoms with Crippen molar-refractivity contribution in [3.05, 3.63) is 46.5 Å². The molecule has 2 aliphatic carbocycles. The fourth-order valence-electron chi connectivity index (χ4n) is 5.53. The molecule has 140 valence electrons. The van der Waals surface area contributed by atoms with E-state index in [1.165, 1.54) is 50.7 Å². The molecule has 0 radical (unpaired) electrons. The van der Waals surface area contributed by atoms with Gasteiger partial charge in [0, 0.05) is 5.39 Å². The van der Waals surface area contributed by atoms with Crippen molar-refractivity contribution in [1.82, 2.24) is 0 Å². The van der Waals surface area contributed by atoms with Gasteiger partial charge in [0.15, 0.2) is 0 Å². The van der Waals surface area contributed by atoms with Crippen LogP contribution >= 0.6 is 11.6 Å². The van der Waals surface area contributed by atoms with E-state index in [4.69, 9.17) is 11.6 Å². The number of fused-ring (bicyclic) bond motifs is 2. The van der Waals surface area contributed by atoms with E-state index in [9.17, 15) is 8.78 Å². The molecule has 4 rings (SSSR count). The van der Waals surface area contributed by atoms with E-state index >= 15 is 0 Å². The molecule has 2 unspecified atom stereocenters. The molecule has 0 aliphatic heterocycles. The highest BCUT2D eigenvalue weighted by Crippen LogP contribution is 2.48. The number of halogens is 3. The van der Waals surface area contributed by atoms with Crippen LogP contribution in [-0.4, -0.2) is 0 Å².